The van der Waals surface area contributed by atoms with Gasteiger partial charge in [0.2, 0.25) is 0 Å². The molecule has 1 aliphatic carbocycles. The molecule has 0 radical (unpaired) electrons. The van der Waals surface area contributed by atoms with E-state index in [0.29, 0.717) is 17.8 Å². The highest BCUT2D eigenvalue weighted by atomic mass is 16.3. The van der Waals surface area contributed by atoms with Crippen LogP contribution in [0.15, 0.2) is 18.2 Å². The zero-order valence-corrected chi connectivity index (χ0v) is 10.4. The highest BCUT2D eigenvalue weighted by Crippen LogP contribution is 2.34. The number of rotatable bonds is 2. The molecular weight excluding hydrogens is 214 g/mol. The maximum atomic E-state index is 10.6. The second kappa shape index (κ2) is 7.07. The Labute approximate surface area is 103 Å². The monoisotopic (exact) mass is 235 g/mol. The van der Waals surface area contributed by atoms with Crippen LogP contribution in [0.2, 0.25) is 0 Å². The molecule has 1 aromatic carbocycles. The van der Waals surface area contributed by atoms with Crippen LogP contribution >= 0.6 is 0 Å². The number of carbonyl (C=O) groups excluding carboxylic acids is 1. The van der Waals surface area contributed by atoms with E-state index in [9.17, 15) is 9.90 Å². The summed E-state index contributed by atoms with van der Waals surface area (Å²) < 4.78 is 0. The SMILES string of the molecule is CN.O=Cc1ccc(C2CCCCC2)cc1O. The minimum Gasteiger partial charge on any atom is -0.507 e. The van der Waals surface area contributed by atoms with Crippen molar-refractivity contribution in [2.24, 2.45) is 5.73 Å². The lowest BCUT2D eigenvalue weighted by atomic mass is 9.84. The van der Waals surface area contributed by atoms with Gasteiger partial charge in [0, 0.05) is 0 Å². The summed E-state index contributed by atoms with van der Waals surface area (Å²) in [5.74, 6) is 0.693. The van der Waals surface area contributed by atoms with E-state index in [4.69, 9.17) is 0 Å². The molecule has 0 heterocycles. The van der Waals surface area contributed by atoms with E-state index in [1.165, 1.54) is 44.7 Å². The predicted molar refractivity (Wildman–Crippen MR) is 69.4 cm³/mol. The Balaban J connectivity index is 0.000000686. The first-order valence-electron chi connectivity index (χ1n) is 6.17. The van der Waals surface area contributed by atoms with Gasteiger partial charge >= 0.3 is 0 Å². The molecule has 3 nitrogen and oxygen atoms in total. The van der Waals surface area contributed by atoms with E-state index in [2.05, 4.69) is 5.73 Å². The number of benzene rings is 1. The van der Waals surface area contributed by atoms with Crippen LogP contribution in [-0.4, -0.2) is 18.4 Å². The third-order valence-corrected chi connectivity index (χ3v) is 3.26. The number of hydrogen-bond donors (Lipinski definition) is 2. The van der Waals surface area contributed by atoms with E-state index in [1.54, 1.807) is 12.1 Å². The van der Waals surface area contributed by atoms with Crippen molar-refractivity contribution < 1.29 is 9.90 Å². The fourth-order valence-electron chi connectivity index (χ4n) is 2.35. The summed E-state index contributed by atoms with van der Waals surface area (Å²) >= 11 is 0. The van der Waals surface area contributed by atoms with Gasteiger partial charge < -0.3 is 10.8 Å². The first-order valence-corrected chi connectivity index (χ1v) is 6.17. The highest BCUT2D eigenvalue weighted by Gasteiger charge is 2.16. The minimum atomic E-state index is 0.119. The molecule has 0 spiro atoms. The maximum Gasteiger partial charge on any atom is 0.153 e. The van der Waals surface area contributed by atoms with Gasteiger partial charge in [0.25, 0.3) is 0 Å². The Morgan fingerprint density at radius 3 is 2.41 bits per heavy atom. The lowest BCUT2D eigenvalue weighted by Crippen LogP contribution is -2.04. The Hall–Kier alpha value is -1.35. The molecule has 2 rings (SSSR count). The van der Waals surface area contributed by atoms with Crippen LogP contribution in [-0.2, 0) is 0 Å². The van der Waals surface area contributed by atoms with Crippen molar-refractivity contribution in [1.29, 1.82) is 0 Å². The molecule has 1 fully saturated rings. The van der Waals surface area contributed by atoms with Crippen LogP contribution in [0.25, 0.3) is 0 Å². The molecule has 0 amide bonds. The Bertz CT molecular complexity index is 357. The van der Waals surface area contributed by atoms with Gasteiger partial charge in [-0.05, 0) is 43.5 Å². The van der Waals surface area contributed by atoms with E-state index in [-0.39, 0.29) is 5.75 Å². The smallest absolute Gasteiger partial charge is 0.153 e. The molecule has 1 aliphatic rings. The topological polar surface area (TPSA) is 63.3 Å². The highest BCUT2D eigenvalue weighted by molar-refractivity contribution is 5.79. The van der Waals surface area contributed by atoms with Gasteiger partial charge in [-0.3, -0.25) is 4.79 Å². The Morgan fingerprint density at radius 2 is 1.88 bits per heavy atom. The average Bonchev–Trinajstić information content (AvgIpc) is 2.42. The van der Waals surface area contributed by atoms with Crippen LogP contribution in [0.4, 0.5) is 0 Å². The van der Waals surface area contributed by atoms with Crippen LogP contribution in [0.3, 0.4) is 0 Å². The second-order valence-electron chi connectivity index (χ2n) is 4.27. The number of nitrogens with two attached hydrogens (primary N) is 1. The van der Waals surface area contributed by atoms with Crippen LogP contribution < -0.4 is 5.73 Å². The van der Waals surface area contributed by atoms with Crippen molar-refractivity contribution in [3.63, 3.8) is 0 Å². The molecule has 1 saturated carbocycles. The Kier molecular flexibility index (Phi) is 5.70. The molecule has 17 heavy (non-hydrogen) atoms. The van der Waals surface area contributed by atoms with E-state index in [0.717, 1.165) is 0 Å². The van der Waals surface area contributed by atoms with Gasteiger partial charge in [0.05, 0.1) is 5.56 Å². The first-order chi connectivity index (χ1) is 8.31. The summed E-state index contributed by atoms with van der Waals surface area (Å²) in [6.07, 6.45) is 7.00. The van der Waals surface area contributed by atoms with Crippen molar-refractivity contribution in [3.8, 4) is 5.75 Å². The van der Waals surface area contributed by atoms with Crippen LogP contribution in [0.1, 0.15) is 53.9 Å². The zero-order valence-electron chi connectivity index (χ0n) is 10.4. The number of phenolic OH excluding ortho intramolecular Hbond substituents is 1. The Morgan fingerprint density at radius 1 is 1.24 bits per heavy atom. The molecule has 0 bridgehead atoms. The normalized spacial score (nSPS) is 15.9. The quantitative estimate of drug-likeness (QED) is 0.775. The number of hydrogen-bond acceptors (Lipinski definition) is 3. The summed E-state index contributed by atoms with van der Waals surface area (Å²) in [7, 11) is 1.50. The van der Waals surface area contributed by atoms with Crippen LogP contribution in [0, 0.1) is 0 Å². The van der Waals surface area contributed by atoms with Gasteiger partial charge in [0.15, 0.2) is 6.29 Å². The summed E-state index contributed by atoms with van der Waals surface area (Å²) in [5.41, 5.74) is 6.06. The fourth-order valence-corrected chi connectivity index (χ4v) is 2.35. The average molecular weight is 235 g/mol. The van der Waals surface area contributed by atoms with Crippen molar-refractivity contribution in [1.82, 2.24) is 0 Å². The molecule has 1 aromatic rings. The molecular formula is C14H21NO2. The van der Waals surface area contributed by atoms with E-state index < -0.39 is 0 Å². The molecule has 0 aromatic heterocycles. The largest absolute Gasteiger partial charge is 0.507 e. The third-order valence-electron chi connectivity index (χ3n) is 3.26. The maximum absolute atomic E-state index is 10.6. The standard InChI is InChI=1S/C13H16O2.CH5N/c14-9-12-7-6-11(8-13(12)15)10-4-2-1-3-5-10;1-2/h6-10,15H,1-5H2;2H2,1H3. The molecule has 0 atom stereocenters. The molecule has 0 aliphatic heterocycles. The van der Waals surface area contributed by atoms with Gasteiger partial charge in [-0.15, -0.1) is 0 Å². The van der Waals surface area contributed by atoms with Crippen molar-refractivity contribution in [2.45, 2.75) is 38.0 Å². The summed E-state index contributed by atoms with van der Waals surface area (Å²) in [6, 6.07) is 5.44. The predicted octanol–water partition coefficient (Wildman–Crippen LogP) is 2.83. The summed E-state index contributed by atoms with van der Waals surface area (Å²) in [6.45, 7) is 0. The van der Waals surface area contributed by atoms with Gasteiger partial charge in [-0.2, -0.15) is 0 Å². The minimum absolute atomic E-state index is 0.119. The first kappa shape index (κ1) is 13.7. The number of aromatic hydroxyl groups is 1. The summed E-state index contributed by atoms with van der Waals surface area (Å²) in [4.78, 5) is 10.6. The third kappa shape index (κ3) is 3.56. The van der Waals surface area contributed by atoms with Crippen molar-refractivity contribution in [3.05, 3.63) is 29.3 Å². The lowest BCUT2D eigenvalue weighted by Gasteiger charge is -2.22. The molecule has 0 saturated heterocycles. The van der Waals surface area contributed by atoms with Crippen molar-refractivity contribution >= 4 is 6.29 Å². The zero-order chi connectivity index (χ0) is 12.7. The lowest BCUT2D eigenvalue weighted by molar-refractivity contribution is 0.112. The van der Waals surface area contributed by atoms with Gasteiger partial charge in [-0.25, -0.2) is 0 Å². The van der Waals surface area contributed by atoms with Crippen molar-refractivity contribution in [2.75, 3.05) is 7.05 Å². The summed E-state index contributed by atoms with van der Waals surface area (Å²) in [5, 5.41) is 9.59. The molecule has 94 valence electrons. The van der Waals surface area contributed by atoms with Crippen LogP contribution in [0.5, 0.6) is 5.75 Å². The second-order valence-corrected chi connectivity index (χ2v) is 4.27. The molecule has 3 N–H and O–H groups in total. The van der Waals surface area contributed by atoms with E-state index >= 15 is 0 Å². The number of phenols is 1. The fraction of sp³-hybridized carbons (Fsp3) is 0.500. The van der Waals surface area contributed by atoms with Gasteiger partial charge in [-0.1, -0.05) is 25.3 Å². The molecule has 0 unspecified atom stereocenters. The number of carbonyl (C=O) groups is 1. The molecule has 3 heteroatoms. The number of aldehydes is 1. The van der Waals surface area contributed by atoms with E-state index in [1.807, 2.05) is 6.07 Å². The van der Waals surface area contributed by atoms with Gasteiger partial charge in [0.1, 0.15) is 5.75 Å².